The first kappa shape index (κ1) is 9.98. The highest BCUT2D eigenvalue weighted by Gasteiger charge is 2.25. The van der Waals surface area contributed by atoms with Gasteiger partial charge in [-0.15, -0.1) is 11.3 Å². The van der Waals surface area contributed by atoms with E-state index in [-0.39, 0.29) is 6.03 Å². The van der Waals surface area contributed by atoms with Crippen molar-refractivity contribution in [1.82, 2.24) is 9.80 Å². The number of thiophene rings is 1. The highest BCUT2D eigenvalue weighted by molar-refractivity contribution is 9.11. The van der Waals surface area contributed by atoms with Crippen LogP contribution in [0.2, 0.25) is 0 Å². The molecule has 0 aliphatic carbocycles. The second-order valence-electron chi connectivity index (χ2n) is 3.33. The lowest BCUT2D eigenvalue weighted by Gasteiger charge is -2.14. The van der Waals surface area contributed by atoms with Crippen LogP contribution < -0.4 is 0 Å². The van der Waals surface area contributed by atoms with Crippen molar-refractivity contribution in [3.63, 3.8) is 0 Å². The standard InChI is InChI=1S/C9H11BrN2OS/c1-11-4-5-12(9(11)13)6-7-2-3-8(10)14-7/h2-3H,4-6H2,1H3. The van der Waals surface area contributed by atoms with Crippen LogP contribution >= 0.6 is 27.3 Å². The molecule has 1 aromatic heterocycles. The third kappa shape index (κ3) is 1.93. The molecule has 3 nitrogen and oxygen atoms in total. The molecule has 0 bridgehead atoms. The molecule has 76 valence electrons. The molecule has 0 radical (unpaired) electrons. The maximum atomic E-state index is 11.6. The van der Waals surface area contributed by atoms with Gasteiger partial charge in [-0.25, -0.2) is 4.79 Å². The number of carbonyl (C=O) groups is 1. The molecule has 1 aliphatic rings. The van der Waals surface area contributed by atoms with Crippen molar-refractivity contribution in [2.24, 2.45) is 0 Å². The Labute approximate surface area is 95.4 Å². The number of rotatable bonds is 2. The first-order chi connectivity index (χ1) is 6.66. The molecule has 5 heteroatoms. The summed E-state index contributed by atoms with van der Waals surface area (Å²) in [4.78, 5) is 16.4. The Balaban J connectivity index is 2.02. The van der Waals surface area contributed by atoms with Crippen molar-refractivity contribution in [3.05, 3.63) is 20.8 Å². The van der Waals surface area contributed by atoms with Crippen LogP contribution in [0.25, 0.3) is 0 Å². The van der Waals surface area contributed by atoms with Crippen LogP contribution in [0.15, 0.2) is 15.9 Å². The van der Waals surface area contributed by atoms with Crippen LogP contribution in [0.4, 0.5) is 4.79 Å². The molecule has 0 spiro atoms. The summed E-state index contributed by atoms with van der Waals surface area (Å²) in [7, 11) is 1.84. The van der Waals surface area contributed by atoms with Gasteiger partial charge in [0.25, 0.3) is 0 Å². The topological polar surface area (TPSA) is 23.6 Å². The number of urea groups is 1. The van der Waals surface area contributed by atoms with Crippen molar-refractivity contribution in [1.29, 1.82) is 0 Å². The zero-order valence-electron chi connectivity index (χ0n) is 7.86. The number of carbonyl (C=O) groups excluding carboxylic acids is 1. The third-order valence-corrected chi connectivity index (χ3v) is 3.89. The van der Waals surface area contributed by atoms with Gasteiger partial charge in [0.05, 0.1) is 10.3 Å². The average molecular weight is 275 g/mol. The molecular weight excluding hydrogens is 264 g/mol. The predicted molar refractivity (Wildman–Crippen MR) is 60.5 cm³/mol. The molecular formula is C9H11BrN2OS. The minimum atomic E-state index is 0.134. The Morgan fingerprint density at radius 3 is 2.79 bits per heavy atom. The van der Waals surface area contributed by atoms with E-state index in [1.54, 1.807) is 16.2 Å². The number of hydrogen-bond donors (Lipinski definition) is 0. The smallest absolute Gasteiger partial charge is 0.320 e. The predicted octanol–water partition coefficient (Wildman–Crippen LogP) is 2.38. The van der Waals surface area contributed by atoms with Gasteiger partial charge in [0.15, 0.2) is 0 Å². The fourth-order valence-electron chi connectivity index (χ4n) is 1.47. The van der Waals surface area contributed by atoms with Gasteiger partial charge in [-0.1, -0.05) is 0 Å². The lowest BCUT2D eigenvalue weighted by atomic mass is 10.4. The zero-order valence-corrected chi connectivity index (χ0v) is 10.3. The minimum absolute atomic E-state index is 0.134. The van der Waals surface area contributed by atoms with Gasteiger partial charge in [-0.05, 0) is 28.1 Å². The summed E-state index contributed by atoms with van der Waals surface area (Å²) in [5.41, 5.74) is 0. The van der Waals surface area contributed by atoms with Crippen molar-refractivity contribution in [2.75, 3.05) is 20.1 Å². The van der Waals surface area contributed by atoms with Gasteiger partial charge in [0.1, 0.15) is 0 Å². The SMILES string of the molecule is CN1CCN(Cc2ccc(Br)s2)C1=O. The Morgan fingerprint density at radius 2 is 2.29 bits per heavy atom. The summed E-state index contributed by atoms with van der Waals surface area (Å²) >= 11 is 5.10. The molecule has 0 unspecified atom stereocenters. The molecule has 1 saturated heterocycles. The van der Waals surface area contributed by atoms with Gasteiger partial charge in [0, 0.05) is 25.0 Å². The summed E-state index contributed by atoms with van der Waals surface area (Å²) in [5.74, 6) is 0. The van der Waals surface area contributed by atoms with Crippen LogP contribution in [0.5, 0.6) is 0 Å². The molecule has 2 rings (SSSR count). The van der Waals surface area contributed by atoms with E-state index in [1.807, 2.05) is 18.0 Å². The van der Waals surface area contributed by atoms with E-state index in [0.29, 0.717) is 0 Å². The van der Waals surface area contributed by atoms with E-state index in [1.165, 1.54) is 4.88 Å². The fraction of sp³-hybridized carbons (Fsp3) is 0.444. The quantitative estimate of drug-likeness (QED) is 0.813. The minimum Gasteiger partial charge on any atom is -0.326 e. The average Bonchev–Trinajstić information content (AvgIpc) is 2.67. The molecule has 0 aromatic carbocycles. The van der Waals surface area contributed by atoms with Crippen LogP contribution in [-0.4, -0.2) is 36.0 Å². The normalized spacial score (nSPS) is 16.9. The number of likely N-dealkylation sites (N-methyl/N-ethyl adjacent to an activating group) is 1. The fourth-order valence-corrected chi connectivity index (χ4v) is 2.97. The van der Waals surface area contributed by atoms with Crippen molar-refractivity contribution in [3.8, 4) is 0 Å². The number of halogens is 1. The van der Waals surface area contributed by atoms with Gasteiger partial charge in [-0.3, -0.25) is 0 Å². The van der Waals surface area contributed by atoms with Gasteiger partial charge >= 0.3 is 6.03 Å². The van der Waals surface area contributed by atoms with Crippen LogP contribution in [-0.2, 0) is 6.54 Å². The maximum Gasteiger partial charge on any atom is 0.320 e. The lowest BCUT2D eigenvalue weighted by Crippen LogP contribution is -2.28. The molecule has 0 saturated carbocycles. The first-order valence-electron chi connectivity index (χ1n) is 4.41. The summed E-state index contributed by atoms with van der Waals surface area (Å²) < 4.78 is 1.12. The van der Waals surface area contributed by atoms with Gasteiger partial charge in [0.2, 0.25) is 0 Å². The molecule has 1 aromatic rings. The van der Waals surface area contributed by atoms with Gasteiger partial charge in [-0.2, -0.15) is 0 Å². The van der Waals surface area contributed by atoms with E-state index < -0.39 is 0 Å². The molecule has 1 aliphatic heterocycles. The largest absolute Gasteiger partial charge is 0.326 e. The number of hydrogen-bond acceptors (Lipinski definition) is 2. The van der Waals surface area contributed by atoms with Crippen molar-refractivity contribution in [2.45, 2.75) is 6.54 Å². The van der Waals surface area contributed by atoms with Crippen LogP contribution in [0.1, 0.15) is 4.88 Å². The summed E-state index contributed by atoms with van der Waals surface area (Å²) in [6.07, 6.45) is 0. The summed E-state index contributed by atoms with van der Waals surface area (Å²) in [6.45, 7) is 2.41. The Bertz CT molecular complexity index is 352. The van der Waals surface area contributed by atoms with Crippen LogP contribution in [0.3, 0.4) is 0 Å². The number of amides is 2. The van der Waals surface area contributed by atoms with E-state index in [0.717, 1.165) is 23.4 Å². The Kier molecular flexibility index (Phi) is 2.78. The molecule has 0 N–H and O–H groups in total. The molecule has 1 fully saturated rings. The van der Waals surface area contributed by atoms with Gasteiger partial charge < -0.3 is 9.80 Å². The van der Waals surface area contributed by atoms with E-state index in [2.05, 4.69) is 22.0 Å². The molecule has 0 atom stereocenters. The molecule has 14 heavy (non-hydrogen) atoms. The second-order valence-corrected chi connectivity index (χ2v) is 5.88. The summed E-state index contributed by atoms with van der Waals surface area (Å²) in [5, 5.41) is 0. The lowest BCUT2D eigenvalue weighted by molar-refractivity contribution is 0.197. The molecule has 2 heterocycles. The molecule has 2 amide bonds. The Morgan fingerprint density at radius 1 is 1.50 bits per heavy atom. The van der Waals surface area contributed by atoms with E-state index in [4.69, 9.17) is 0 Å². The van der Waals surface area contributed by atoms with Crippen molar-refractivity contribution < 1.29 is 4.79 Å². The Hall–Kier alpha value is -0.550. The monoisotopic (exact) mass is 274 g/mol. The van der Waals surface area contributed by atoms with Crippen LogP contribution in [0, 0.1) is 0 Å². The second kappa shape index (κ2) is 3.90. The van der Waals surface area contributed by atoms with E-state index >= 15 is 0 Å². The summed E-state index contributed by atoms with van der Waals surface area (Å²) in [6, 6.07) is 4.21. The highest BCUT2D eigenvalue weighted by Crippen LogP contribution is 2.24. The zero-order chi connectivity index (χ0) is 10.1. The van der Waals surface area contributed by atoms with E-state index in [9.17, 15) is 4.79 Å². The highest BCUT2D eigenvalue weighted by atomic mass is 79.9. The maximum absolute atomic E-state index is 11.6. The third-order valence-electron chi connectivity index (χ3n) is 2.28. The number of nitrogens with zero attached hydrogens (tertiary/aromatic N) is 2. The first-order valence-corrected chi connectivity index (χ1v) is 6.02. The van der Waals surface area contributed by atoms with Crippen molar-refractivity contribution >= 4 is 33.3 Å².